The van der Waals surface area contributed by atoms with E-state index in [1.54, 1.807) is 0 Å². The van der Waals surface area contributed by atoms with Crippen molar-refractivity contribution in [1.82, 2.24) is 10.2 Å². The van der Waals surface area contributed by atoms with E-state index in [9.17, 15) is 5.11 Å². The lowest BCUT2D eigenvalue weighted by molar-refractivity contribution is -0.0619. The summed E-state index contributed by atoms with van der Waals surface area (Å²) < 4.78 is 5.62. The first-order valence-corrected chi connectivity index (χ1v) is 7.21. The summed E-state index contributed by atoms with van der Waals surface area (Å²) in [6.45, 7) is 2.13. The second-order valence-electron chi connectivity index (χ2n) is 5.76. The Labute approximate surface area is 113 Å². The summed E-state index contributed by atoms with van der Waals surface area (Å²) in [5, 5.41) is 18.7. The number of nitrogens with zero attached hydrogens (tertiary/aromatic N) is 3. The highest BCUT2D eigenvalue weighted by Crippen LogP contribution is 2.40. The Morgan fingerprint density at radius 2 is 2.26 bits per heavy atom. The summed E-state index contributed by atoms with van der Waals surface area (Å²) in [5.41, 5.74) is 5.02. The van der Waals surface area contributed by atoms with Crippen LogP contribution in [0.25, 0.3) is 0 Å². The number of aliphatic hydroxyl groups is 1. The first-order chi connectivity index (χ1) is 9.21. The minimum absolute atomic E-state index is 0.333. The number of hydrogen-bond donors (Lipinski definition) is 2. The van der Waals surface area contributed by atoms with E-state index in [0.29, 0.717) is 30.8 Å². The maximum atomic E-state index is 10.6. The number of hydrogen-bond acceptors (Lipinski definition) is 6. The van der Waals surface area contributed by atoms with Crippen molar-refractivity contribution in [3.8, 4) is 0 Å². The number of fused-ring (bicyclic) bond motifs is 1. The zero-order valence-electron chi connectivity index (χ0n) is 11.2. The van der Waals surface area contributed by atoms with Gasteiger partial charge >= 0.3 is 6.01 Å². The Morgan fingerprint density at radius 1 is 1.37 bits per heavy atom. The fourth-order valence-electron chi connectivity index (χ4n) is 3.34. The standard InChI is InChI=1S/C13H22N4O2/c14-7-4-11-15-16-12(19-11)17-8-6-13(18)5-2-1-3-10(13)9-17/h10,18H,1-9,14H2. The molecule has 1 aromatic heterocycles. The van der Waals surface area contributed by atoms with Crippen LogP contribution < -0.4 is 10.6 Å². The highest BCUT2D eigenvalue weighted by atomic mass is 16.4. The van der Waals surface area contributed by atoms with Gasteiger partial charge in [0.1, 0.15) is 0 Å². The zero-order valence-corrected chi connectivity index (χ0v) is 11.2. The fourth-order valence-corrected chi connectivity index (χ4v) is 3.34. The lowest BCUT2D eigenvalue weighted by Crippen LogP contribution is -2.53. The minimum Gasteiger partial charge on any atom is -0.408 e. The topological polar surface area (TPSA) is 88.4 Å². The van der Waals surface area contributed by atoms with E-state index in [1.165, 1.54) is 6.42 Å². The Kier molecular flexibility index (Phi) is 3.45. The number of aromatic nitrogens is 2. The molecule has 106 valence electrons. The van der Waals surface area contributed by atoms with Gasteiger partial charge in [0.25, 0.3) is 0 Å². The highest BCUT2D eigenvalue weighted by Gasteiger charge is 2.43. The lowest BCUT2D eigenvalue weighted by atomic mass is 9.71. The van der Waals surface area contributed by atoms with Gasteiger partial charge in [0.05, 0.1) is 5.60 Å². The molecule has 2 unspecified atom stereocenters. The van der Waals surface area contributed by atoms with E-state index in [1.807, 2.05) is 0 Å². The normalized spacial score (nSPS) is 31.3. The number of anilines is 1. The first kappa shape index (κ1) is 12.9. The quantitative estimate of drug-likeness (QED) is 0.837. The van der Waals surface area contributed by atoms with Gasteiger partial charge in [0.2, 0.25) is 5.89 Å². The Hall–Kier alpha value is -1.14. The molecule has 1 aliphatic heterocycles. The van der Waals surface area contributed by atoms with Gasteiger partial charge < -0.3 is 20.2 Å². The molecular formula is C13H22N4O2. The van der Waals surface area contributed by atoms with Crippen LogP contribution in [0.4, 0.5) is 6.01 Å². The van der Waals surface area contributed by atoms with Crippen LogP contribution in [-0.2, 0) is 6.42 Å². The molecule has 0 radical (unpaired) electrons. The Balaban J connectivity index is 1.69. The van der Waals surface area contributed by atoms with E-state index in [0.717, 1.165) is 38.8 Å². The van der Waals surface area contributed by atoms with Gasteiger partial charge in [-0.25, -0.2) is 0 Å². The minimum atomic E-state index is -0.463. The van der Waals surface area contributed by atoms with E-state index >= 15 is 0 Å². The molecule has 1 saturated heterocycles. The van der Waals surface area contributed by atoms with Crippen molar-refractivity contribution in [3.05, 3.63) is 5.89 Å². The maximum Gasteiger partial charge on any atom is 0.318 e. The summed E-state index contributed by atoms with van der Waals surface area (Å²) >= 11 is 0. The van der Waals surface area contributed by atoms with Gasteiger partial charge in [-0.1, -0.05) is 17.9 Å². The van der Waals surface area contributed by atoms with Crippen LogP contribution in [0, 0.1) is 5.92 Å². The van der Waals surface area contributed by atoms with Gasteiger partial charge in [-0.15, -0.1) is 5.10 Å². The third kappa shape index (κ3) is 2.47. The molecule has 3 N–H and O–H groups in total. The van der Waals surface area contributed by atoms with Gasteiger partial charge in [-0.05, 0) is 19.3 Å². The van der Waals surface area contributed by atoms with Crippen LogP contribution in [0.3, 0.4) is 0 Å². The van der Waals surface area contributed by atoms with Gasteiger partial charge in [0, 0.05) is 32.0 Å². The molecule has 1 aromatic rings. The van der Waals surface area contributed by atoms with Crippen molar-refractivity contribution in [1.29, 1.82) is 0 Å². The van der Waals surface area contributed by atoms with E-state index in [-0.39, 0.29) is 0 Å². The molecule has 0 aromatic carbocycles. The predicted molar refractivity (Wildman–Crippen MR) is 70.8 cm³/mol. The lowest BCUT2D eigenvalue weighted by Gasteiger charge is -2.46. The molecule has 6 heteroatoms. The molecule has 1 saturated carbocycles. The summed E-state index contributed by atoms with van der Waals surface area (Å²) in [6, 6.07) is 0.580. The smallest absolute Gasteiger partial charge is 0.318 e. The largest absolute Gasteiger partial charge is 0.408 e. The fraction of sp³-hybridized carbons (Fsp3) is 0.846. The number of piperidine rings is 1. The second-order valence-corrected chi connectivity index (χ2v) is 5.76. The number of nitrogens with two attached hydrogens (primary N) is 1. The van der Waals surface area contributed by atoms with Crippen molar-refractivity contribution in [2.24, 2.45) is 11.7 Å². The molecule has 3 rings (SSSR count). The molecule has 0 bridgehead atoms. The van der Waals surface area contributed by atoms with Crippen LogP contribution in [0.2, 0.25) is 0 Å². The average molecular weight is 266 g/mol. The van der Waals surface area contributed by atoms with Crippen LogP contribution in [0.15, 0.2) is 4.42 Å². The monoisotopic (exact) mass is 266 g/mol. The van der Waals surface area contributed by atoms with Crippen LogP contribution >= 0.6 is 0 Å². The number of rotatable bonds is 3. The summed E-state index contributed by atoms with van der Waals surface area (Å²) in [7, 11) is 0. The SMILES string of the molecule is NCCc1nnc(N2CCC3(O)CCCCC3C2)o1. The summed E-state index contributed by atoms with van der Waals surface area (Å²) in [5.74, 6) is 0.932. The first-order valence-electron chi connectivity index (χ1n) is 7.21. The highest BCUT2D eigenvalue weighted by molar-refractivity contribution is 5.27. The molecule has 0 spiro atoms. The second kappa shape index (κ2) is 5.09. The van der Waals surface area contributed by atoms with Crippen molar-refractivity contribution in [2.45, 2.75) is 44.1 Å². The molecule has 2 atom stereocenters. The molecule has 6 nitrogen and oxygen atoms in total. The van der Waals surface area contributed by atoms with Gasteiger partial charge in [-0.3, -0.25) is 0 Å². The maximum absolute atomic E-state index is 10.6. The van der Waals surface area contributed by atoms with Crippen molar-refractivity contribution in [2.75, 3.05) is 24.5 Å². The Bertz CT molecular complexity index is 436. The van der Waals surface area contributed by atoms with Crippen LogP contribution in [-0.4, -0.2) is 40.5 Å². The molecular weight excluding hydrogens is 244 g/mol. The van der Waals surface area contributed by atoms with Crippen LogP contribution in [0.5, 0.6) is 0 Å². The third-order valence-electron chi connectivity index (χ3n) is 4.51. The van der Waals surface area contributed by atoms with Crippen molar-refractivity contribution >= 4 is 6.01 Å². The molecule has 2 aliphatic rings. The van der Waals surface area contributed by atoms with E-state index in [4.69, 9.17) is 10.2 Å². The third-order valence-corrected chi connectivity index (χ3v) is 4.51. The van der Waals surface area contributed by atoms with E-state index in [2.05, 4.69) is 15.1 Å². The molecule has 1 aliphatic carbocycles. The summed E-state index contributed by atoms with van der Waals surface area (Å²) in [4.78, 5) is 2.11. The Morgan fingerprint density at radius 3 is 3.11 bits per heavy atom. The molecule has 19 heavy (non-hydrogen) atoms. The van der Waals surface area contributed by atoms with Gasteiger partial charge in [-0.2, -0.15) is 0 Å². The molecule has 2 fully saturated rings. The summed E-state index contributed by atoms with van der Waals surface area (Å²) in [6.07, 6.45) is 5.81. The average Bonchev–Trinajstić information content (AvgIpc) is 2.87. The molecule has 0 amide bonds. The molecule has 2 heterocycles. The van der Waals surface area contributed by atoms with Crippen molar-refractivity contribution < 1.29 is 9.52 Å². The predicted octanol–water partition coefficient (Wildman–Crippen LogP) is 0.702. The zero-order chi connectivity index (χ0) is 13.3. The van der Waals surface area contributed by atoms with Crippen LogP contribution in [0.1, 0.15) is 38.0 Å². The van der Waals surface area contributed by atoms with Crippen molar-refractivity contribution in [3.63, 3.8) is 0 Å². The van der Waals surface area contributed by atoms with E-state index < -0.39 is 5.60 Å². The van der Waals surface area contributed by atoms with Gasteiger partial charge in [0.15, 0.2) is 0 Å².